The molecule has 6 heteroatoms. The molecule has 2 aromatic heterocycles. The summed E-state index contributed by atoms with van der Waals surface area (Å²) in [6, 6.07) is 14.5. The Morgan fingerprint density at radius 2 is 2.00 bits per heavy atom. The van der Waals surface area contributed by atoms with Crippen LogP contribution in [0, 0.1) is 0 Å². The van der Waals surface area contributed by atoms with Gasteiger partial charge in [-0.2, -0.15) is 5.10 Å². The normalized spacial score (nSPS) is 11.9. The molecule has 0 bridgehead atoms. The first-order chi connectivity index (χ1) is 11.6. The summed E-state index contributed by atoms with van der Waals surface area (Å²) >= 11 is 0. The lowest BCUT2D eigenvalue weighted by Crippen LogP contribution is -2.38. The summed E-state index contributed by atoms with van der Waals surface area (Å²) in [6.07, 6.45) is 3.51. The molecule has 122 valence electrons. The molecule has 2 heterocycles. The van der Waals surface area contributed by atoms with E-state index in [1.807, 2.05) is 49.5 Å². The van der Waals surface area contributed by atoms with Crippen LogP contribution < -0.4 is 10.9 Å². The van der Waals surface area contributed by atoms with E-state index in [2.05, 4.69) is 15.4 Å². The van der Waals surface area contributed by atoms with Crippen molar-refractivity contribution < 1.29 is 4.79 Å². The summed E-state index contributed by atoms with van der Waals surface area (Å²) < 4.78 is 1.73. The first-order valence-corrected chi connectivity index (χ1v) is 7.70. The minimum absolute atomic E-state index is 0.0991. The third-order valence-electron chi connectivity index (χ3n) is 3.64. The SMILES string of the molecule is CC(Cn1cccn1)NC(=O)c1ccc(-c2ccccc2)[nH]c1=O. The lowest BCUT2D eigenvalue weighted by Gasteiger charge is -2.13. The maximum Gasteiger partial charge on any atom is 0.261 e. The molecule has 1 aromatic carbocycles. The maximum absolute atomic E-state index is 12.3. The monoisotopic (exact) mass is 322 g/mol. The van der Waals surface area contributed by atoms with E-state index in [-0.39, 0.29) is 11.6 Å². The molecule has 3 rings (SSSR count). The molecule has 0 spiro atoms. The summed E-state index contributed by atoms with van der Waals surface area (Å²) in [6.45, 7) is 2.41. The Hall–Kier alpha value is -3.15. The maximum atomic E-state index is 12.3. The number of aromatic amines is 1. The minimum Gasteiger partial charge on any atom is -0.348 e. The van der Waals surface area contributed by atoms with Crippen LogP contribution in [0.3, 0.4) is 0 Å². The van der Waals surface area contributed by atoms with Crippen molar-refractivity contribution in [2.75, 3.05) is 0 Å². The van der Waals surface area contributed by atoms with Crippen molar-refractivity contribution in [2.24, 2.45) is 0 Å². The zero-order valence-electron chi connectivity index (χ0n) is 13.3. The quantitative estimate of drug-likeness (QED) is 0.754. The Labute approximate surface area is 139 Å². The van der Waals surface area contributed by atoms with Gasteiger partial charge in [0, 0.05) is 24.1 Å². The van der Waals surface area contributed by atoms with Crippen molar-refractivity contribution in [1.82, 2.24) is 20.1 Å². The highest BCUT2D eigenvalue weighted by atomic mass is 16.2. The predicted molar refractivity (Wildman–Crippen MR) is 91.7 cm³/mol. The van der Waals surface area contributed by atoms with E-state index in [9.17, 15) is 9.59 Å². The standard InChI is InChI=1S/C18H18N4O2/c1-13(12-22-11-5-10-19-22)20-17(23)15-8-9-16(21-18(15)24)14-6-3-2-4-7-14/h2-11,13H,12H2,1H3,(H,20,23)(H,21,24). The van der Waals surface area contributed by atoms with Gasteiger partial charge in [-0.25, -0.2) is 0 Å². The average molecular weight is 322 g/mol. The van der Waals surface area contributed by atoms with Crippen LogP contribution in [0.25, 0.3) is 11.3 Å². The summed E-state index contributed by atoms with van der Waals surface area (Å²) in [5.41, 5.74) is 1.28. The van der Waals surface area contributed by atoms with Crippen LogP contribution >= 0.6 is 0 Å². The molecule has 1 amide bonds. The van der Waals surface area contributed by atoms with E-state index in [1.54, 1.807) is 23.0 Å². The second-order valence-electron chi connectivity index (χ2n) is 5.58. The zero-order valence-corrected chi connectivity index (χ0v) is 13.3. The van der Waals surface area contributed by atoms with Crippen LogP contribution in [0.2, 0.25) is 0 Å². The molecule has 1 atom stereocenters. The highest BCUT2D eigenvalue weighted by Gasteiger charge is 2.14. The van der Waals surface area contributed by atoms with Crippen molar-refractivity contribution in [3.05, 3.63) is 76.8 Å². The molecular formula is C18H18N4O2. The molecule has 24 heavy (non-hydrogen) atoms. The van der Waals surface area contributed by atoms with Gasteiger partial charge < -0.3 is 10.3 Å². The summed E-state index contributed by atoms with van der Waals surface area (Å²) in [4.78, 5) is 27.3. The summed E-state index contributed by atoms with van der Waals surface area (Å²) in [7, 11) is 0. The number of carbonyl (C=O) groups is 1. The number of pyridine rings is 1. The number of hydrogen-bond donors (Lipinski definition) is 2. The Bertz CT molecular complexity index is 870. The second-order valence-corrected chi connectivity index (χ2v) is 5.58. The molecule has 0 aliphatic rings. The van der Waals surface area contributed by atoms with Crippen molar-refractivity contribution >= 4 is 5.91 Å². The van der Waals surface area contributed by atoms with Crippen molar-refractivity contribution in [2.45, 2.75) is 19.5 Å². The van der Waals surface area contributed by atoms with Gasteiger partial charge in [-0.3, -0.25) is 14.3 Å². The van der Waals surface area contributed by atoms with E-state index in [4.69, 9.17) is 0 Å². The predicted octanol–water partition coefficient (Wildman–Crippen LogP) is 2.06. The van der Waals surface area contributed by atoms with Gasteiger partial charge in [0.25, 0.3) is 11.5 Å². The molecule has 3 aromatic rings. The second kappa shape index (κ2) is 6.95. The molecule has 2 N–H and O–H groups in total. The van der Waals surface area contributed by atoms with Crippen LogP contribution in [0.4, 0.5) is 0 Å². The number of nitrogens with one attached hydrogen (secondary N) is 2. The number of carbonyl (C=O) groups excluding carboxylic acids is 1. The van der Waals surface area contributed by atoms with E-state index in [1.165, 1.54) is 0 Å². The Morgan fingerprint density at radius 3 is 2.67 bits per heavy atom. The van der Waals surface area contributed by atoms with E-state index >= 15 is 0 Å². The van der Waals surface area contributed by atoms with Gasteiger partial charge in [-0.05, 0) is 30.7 Å². The van der Waals surface area contributed by atoms with Gasteiger partial charge in [0.2, 0.25) is 0 Å². The lowest BCUT2D eigenvalue weighted by molar-refractivity contribution is 0.0934. The zero-order chi connectivity index (χ0) is 16.9. The van der Waals surface area contributed by atoms with Gasteiger partial charge in [0.05, 0.1) is 6.54 Å². The van der Waals surface area contributed by atoms with Crippen LogP contribution in [0.1, 0.15) is 17.3 Å². The van der Waals surface area contributed by atoms with Crippen LogP contribution in [0.5, 0.6) is 0 Å². The highest BCUT2D eigenvalue weighted by molar-refractivity contribution is 5.94. The number of amides is 1. The molecular weight excluding hydrogens is 304 g/mol. The van der Waals surface area contributed by atoms with Crippen LogP contribution in [0.15, 0.2) is 65.7 Å². The number of hydrogen-bond acceptors (Lipinski definition) is 3. The lowest BCUT2D eigenvalue weighted by atomic mass is 10.1. The molecule has 0 saturated heterocycles. The van der Waals surface area contributed by atoms with Crippen molar-refractivity contribution in [3.8, 4) is 11.3 Å². The Morgan fingerprint density at radius 1 is 1.21 bits per heavy atom. The molecule has 0 fully saturated rings. The van der Waals surface area contributed by atoms with Gasteiger partial charge in [0.15, 0.2) is 0 Å². The molecule has 1 unspecified atom stereocenters. The van der Waals surface area contributed by atoms with Gasteiger partial charge in [-0.1, -0.05) is 30.3 Å². The average Bonchev–Trinajstić information content (AvgIpc) is 3.08. The Balaban J connectivity index is 1.72. The van der Waals surface area contributed by atoms with Gasteiger partial charge >= 0.3 is 0 Å². The first-order valence-electron chi connectivity index (χ1n) is 7.70. The fraction of sp³-hybridized carbons (Fsp3) is 0.167. The van der Waals surface area contributed by atoms with E-state index < -0.39 is 11.5 Å². The van der Waals surface area contributed by atoms with Crippen molar-refractivity contribution in [3.63, 3.8) is 0 Å². The fourth-order valence-corrected chi connectivity index (χ4v) is 2.47. The summed E-state index contributed by atoms with van der Waals surface area (Å²) in [5.74, 6) is -0.393. The van der Waals surface area contributed by atoms with Crippen molar-refractivity contribution in [1.29, 1.82) is 0 Å². The number of benzene rings is 1. The topological polar surface area (TPSA) is 79.8 Å². The minimum atomic E-state index is -0.403. The van der Waals surface area contributed by atoms with Gasteiger partial charge in [-0.15, -0.1) is 0 Å². The fourth-order valence-electron chi connectivity index (χ4n) is 2.47. The number of H-pyrrole nitrogens is 1. The smallest absolute Gasteiger partial charge is 0.261 e. The summed E-state index contributed by atoms with van der Waals surface area (Å²) in [5, 5.41) is 6.91. The number of nitrogens with zero attached hydrogens (tertiary/aromatic N) is 2. The third-order valence-corrected chi connectivity index (χ3v) is 3.64. The first kappa shape index (κ1) is 15.7. The molecule has 0 aliphatic heterocycles. The molecule has 0 radical (unpaired) electrons. The highest BCUT2D eigenvalue weighted by Crippen LogP contribution is 2.14. The Kier molecular flexibility index (Phi) is 4.56. The molecule has 6 nitrogen and oxygen atoms in total. The largest absolute Gasteiger partial charge is 0.348 e. The molecule has 0 aliphatic carbocycles. The molecule has 0 saturated carbocycles. The third kappa shape index (κ3) is 3.60. The van der Waals surface area contributed by atoms with Crippen LogP contribution in [-0.2, 0) is 6.54 Å². The van der Waals surface area contributed by atoms with E-state index in [0.29, 0.717) is 12.2 Å². The van der Waals surface area contributed by atoms with Gasteiger partial charge in [0.1, 0.15) is 5.56 Å². The van der Waals surface area contributed by atoms with Crippen LogP contribution in [-0.4, -0.2) is 26.7 Å². The number of rotatable bonds is 5. The van der Waals surface area contributed by atoms with E-state index in [0.717, 1.165) is 5.56 Å². The number of aromatic nitrogens is 3.